The number of likely N-dealkylation sites (N-methyl/N-ethyl adjacent to an activating group) is 1. The SMILES string of the molecule is CCOC(=O)C1(NC)CCCC(Sc2cc(C)nn2C)C1. The molecule has 118 valence electrons. The van der Waals surface area contributed by atoms with Crippen LogP contribution >= 0.6 is 11.8 Å². The Morgan fingerprint density at radius 3 is 3.00 bits per heavy atom. The van der Waals surface area contributed by atoms with Gasteiger partial charge in [0.05, 0.1) is 17.3 Å². The summed E-state index contributed by atoms with van der Waals surface area (Å²) >= 11 is 1.82. The number of hydrogen-bond acceptors (Lipinski definition) is 5. The van der Waals surface area contributed by atoms with Gasteiger partial charge in [-0.15, -0.1) is 11.8 Å². The third kappa shape index (κ3) is 3.61. The molecule has 2 rings (SSSR count). The molecule has 6 heteroatoms. The lowest BCUT2D eigenvalue weighted by Gasteiger charge is -2.38. The second-order valence-electron chi connectivity index (χ2n) is 5.64. The van der Waals surface area contributed by atoms with Crippen LogP contribution in [0.3, 0.4) is 0 Å². The zero-order valence-electron chi connectivity index (χ0n) is 13.3. The number of hydrogen-bond donors (Lipinski definition) is 1. The van der Waals surface area contributed by atoms with Crippen LogP contribution in [0.2, 0.25) is 0 Å². The summed E-state index contributed by atoms with van der Waals surface area (Å²) in [6.45, 7) is 4.29. The monoisotopic (exact) mass is 311 g/mol. The summed E-state index contributed by atoms with van der Waals surface area (Å²) in [6, 6.07) is 2.10. The predicted molar refractivity (Wildman–Crippen MR) is 84.5 cm³/mol. The zero-order chi connectivity index (χ0) is 15.5. The maximum absolute atomic E-state index is 12.3. The Kier molecular flexibility index (Phi) is 5.32. The maximum atomic E-state index is 12.3. The fourth-order valence-electron chi connectivity index (χ4n) is 2.98. The van der Waals surface area contributed by atoms with Gasteiger partial charge in [0.1, 0.15) is 5.54 Å². The molecule has 5 nitrogen and oxygen atoms in total. The van der Waals surface area contributed by atoms with E-state index < -0.39 is 5.54 Å². The molecule has 0 spiro atoms. The lowest BCUT2D eigenvalue weighted by Crippen LogP contribution is -2.54. The van der Waals surface area contributed by atoms with Crippen LogP contribution in [0.15, 0.2) is 11.1 Å². The minimum absolute atomic E-state index is 0.112. The average Bonchev–Trinajstić information content (AvgIpc) is 2.77. The fourth-order valence-corrected chi connectivity index (χ4v) is 4.40. The van der Waals surface area contributed by atoms with E-state index in [1.165, 1.54) is 0 Å². The topological polar surface area (TPSA) is 56.1 Å². The number of aryl methyl sites for hydroxylation is 2. The van der Waals surface area contributed by atoms with Gasteiger partial charge in [0.2, 0.25) is 0 Å². The fraction of sp³-hybridized carbons (Fsp3) is 0.733. The summed E-state index contributed by atoms with van der Waals surface area (Å²) in [4.78, 5) is 12.3. The molecule has 21 heavy (non-hydrogen) atoms. The second kappa shape index (κ2) is 6.83. The number of esters is 1. The molecule has 0 bridgehead atoms. The van der Waals surface area contributed by atoms with E-state index in [1.54, 1.807) is 0 Å². The number of nitrogens with zero attached hydrogens (tertiary/aromatic N) is 2. The van der Waals surface area contributed by atoms with Crippen molar-refractivity contribution >= 4 is 17.7 Å². The van der Waals surface area contributed by atoms with Crippen LogP contribution in [-0.4, -0.2) is 40.2 Å². The molecule has 1 saturated carbocycles. The first-order chi connectivity index (χ1) is 10.0. The van der Waals surface area contributed by atoms with E-state index in [1.807, 2.05) is 44.4 Å². The minimum Gasteiger partial charge on any atom is -0.465 e. The van der Waals surface area contributed by atoms with Crippen molar-refractivity contribution in [3.05, 3.63) is 11.8 Å². The van der Waals surface area contributed by atoms with E-state index in [2.05, 4.69) is 16.5 Å². The number of carbonyl (C=O) groups excluding carboxylic acids is 1. The quantitative estimate of drug-likeness (QED) is 0.846. The van der Waals surface area contributed by atoms with Crippen molar-refractivity contribution in [2.45, 2.75) is 55.3 Å². The number of aromatic nitrogens is 2. The average molecular weight is 311 g/mol. The molecule has 1 fully saturated rings. The highest BCUT2D eigenvalue weighted by Crippen LogP contribution is 2.38. The van der Waals surface area contributed by atoms with Gasteiger partial charge in [-0.1, -0.05) is 0 Å². The summed E-state index contributed by atoms with van der Waals surface area (Å²) in [6.07, 6.45) is 3.81. The Morgan fingerprint density at radius 2 is 2.43 bits per heavy atom. The molecule has 2 unspecified atom stereocenters. The molecule has 2 atom stereocenters. The first kappa shape index (κ1) is 16.4. The van der Waals surface area contributed by atoms with Crippen LogP contribution in [0.1, 0.15) is 38.3 Å². The highest BCUT2D eigenvalue weighted by Gasteiger charge is 2.43. The number of ether oxygens (including phenoxy) is 1. The molecule has 0 aliphatic heterocycles. The third-order valence-corrected chi connectivity index (χ3v) is 5.46. The van der Waals surface area contributed by atoms with Gasteiger partial charge in [0, 0.05) is 12.3 Å². The van der Waals surface area contributed by atoms with Crippen LogP contribution in [0, 0.1) is 6.92 Å². The van der Waals surface area contributed by atoms with Crippen molar-refractivity contribution < 1.29 is 9.53 Å². The molecule has 1 aromatic rings. The van der Waals surface area contributed by atoms with E-state index in [4.69, 9.17) is 4.74 Å². The van der Waals surface area contributed by atoms with Gasteiger partial charge in [-0.3, -0.25) is 9.48 Å². The van der Waals surface area contributed by atoms with E-state index >= 15 is 0 Å². The Hall–Kier alpha value is -1.01. The summed E-state index contributed by atoms with van der Waals surface area (Å²) < 4.78 is 7.19. The van der Waals surface area contributed by atoms with E-state index in [-0.39, 0.29) is 5.97 Å². The normalized spacial score (nSPS) is 25.8. The summed E-state index contributed by atoms with van der Waals surface area (Å²) in [5.74, 6) is -0.112. The van der Waals surface area contributed by atoms with Gasteiger partial charge in [-0.25, -0.2) is 0 Å². The van der Waals surface area contributed by atoms with Crippen LogP contribution in [-0.2, 0) is 16.6 Å². The Morgan fingerprint density at radius 1 is 1.67 bits per heavy atom. The Bertz CT molecular complexity index is 503. The van der Waals surface area contributed by atoms with Gasteiger partial charge in [-0.2, -0.15) is 5.10 Å². The summed E-state index contributed by atoms with van der Waals surface area (Å²) in [5.41, 5.74) is 0.501. The highest BCUT2D eigenvalue weighted by molar-refractivity contribution is 7.99. The molecule has 0 radical (unpaired) electrons. The second-order valence-corrected chi connectivity index (χ2v) is 6.96. The number of thioether (sulfide) groups is 1. The van der Waals surface area contributed by atoms with Crippen LogP contribution < -0.4 is 5.32 Å². The standard InChI is InChI=1S/C15H25N3O2S/c1-5-20-14(19)15(16-3)8-6-7-12(10-15)21-13-9-11(2)17-18(13)4/h9,12,16H,5-8,10H2,1-4H3. The number of rotatable bonds is 5. The van der Waals surface area contributed by atoms with Crippen molar-refractivity contribution in [1.82, 2.24) is 15.1 Å². The Labute approximate surface area is 130 Å². The molecule has 1 aromatic heterocycles. The van der Waals surface area contributed by atoms with Crippen LogP contribution in [0.25, 0.3) is 0 Å². The van der Waals surface area contributed by atoms with Crippen LogP contribution in [0.4, 0.5) is 0 Å². The largest absolute Gasteiger partial charge is 0.465 e. The van der Waals surface area contributed by atoms with Gasteiger partial charge >= 0.3 is 5.97 Å². The molecule has 1 N–H and O–H groups in total. The predicted octanol–water partition coefficient (Wildman–Crippen LogP) is 2.28. The molecule has 1 aliphatic carbocycles. The van der Waals surface area contributed by atoms with Gasteiger partial charge in [0.15, 0.2) is 0 Å². The first-order valence-corrected chi connectivity index (χ1v) is 8.42. The molecular formula is C15H25N3O2S. The molecule has 1 heterocycles. The molecular weight excluding hydrogens is 286 g/mol. The van der Waals surface area contributed by atoms with Crippen molar-refractivity contribution in [1.29, 1.82) is 0 Å². The molecule has 0 saturated heterocycles. The third-order valence-electron chi connectivity index (χ3n) is 4.10. The van der Waals surface area contributed by atoms with Crippen molar-refractivity contribution in [2.24, 2.45) is 7.05 Å². The maximum Gasteiger partial charge on any atom is 0.326 e. The van der Waals surface area contributed by atoms with Crippen LogP contribution in [0.5, 0.6) is 0 Å². The van der Waals surface area contributed by atoms with Gasteiger partial charge in [0.25, 0.3) is 0 Å². The number of carbonyl (C=O) groups is 1. The van der Waals surface area contributed by atoms with Gasteiger partial charge in [-0.05, 0) is 52.6 Å². The Balaban J connectivity index is 2.08. The van der Waals surface area contributed by atoms with Crippen molar-refractivity contribution in [3.8, 4) is 0 Å². The molecule has 0 amide bonds. The summed E-state index contributed by atoms with van der Waals surface area (Å²) in [7, 11) is 3.83. The smallest absolute Gasteiger partial charge is 0.326 e. The molecule has 1 aliphatic rings. The van der Waals surface area contributed by atoms with Gasteiger partial charge < -0.3 is 10.1 Å². The lowest BCUT2D eigenvalue weighted by molar-refractivity contribution is -0.152. The van der Waals surface area contributed by atoms with E-state index in [0.717, 1.165) is 36.4 Å². The summed E-state index contributed by atoms with van der Waals surface area (Å²) in [5, 5.41) is 9.18. The number of nitrogens with one attached hydrogen (secondary N) is 1. The van der Waals surface area contributed by atoms with Crippen molar-refractivity contribution in [2.75, 3.05) is 13.7 Å². The van der Waals surface area contributed by atoms with Crippen molar-refractivity contribution in [3.63, 3.8) is 0 Å². The van der Waals surface area contributed by atoms with E-state index in [9.17, 15) is 4.79 Å². The minimum atomic E-state index is -0.528. The first-order valence-electron chi connectivity index (χ1n) is 7.54. The lowest BCUT2D eigenvalue weighted by atomic mass is 9.81. The molecule has 0 aromatic carbocycles. The zero-order valence-corrected chi connectivity index (χ0v) is 14.1. The highest BCUT2D eigenvalue weighted by atomic mass is 32.2. The van der Waals surface area contributed by atoms with E-state index in [0.29, 0.717) is 11.9 Å².